The van der Waals surface area contributed by atoms with E-state index < -0.39 is 5.91 Å². The van der Waals surface area contributed by atoms with E-state index in [9.17, 15) is 14.4 Å². The van der Waals surface area contributed by atoms with Crippen LogP contribution < -0.4 is 16.4 Å². The number of rotatable bonds is 5. The molecule has 4 rings (SSSR count). The van der Waals surface area contributed by atoms with Gasteiger partial charge in [-0.2, -0.15) is 5.10 Å². The Hall–Kier alpha value is -3.48. The lowest BCUT2D eigenvalue weighted by molar-refractivity contribution is -0.121. The monoisotopic (exact) mass is 418 g/mol. The second kappa shape index (κ2) is 9.12. The van der Waals surface area contributed by atoms with Crippen molar-refractivity contribution in [2.45, 2.75) is 52.0 Å². The molecule has 1 heterocycles. The first-order valence-electron chi connectivity index (χ1n) is 10.8. The van der Waals surface area contributed by atoms with Crippen LogP contribution in [-0.4, -0.2) is 21.6 Å². The summed E-state index contributed by atoms with van der Waals surface area (Å²) in [5.74, 6) is -0.866. The number of carbonyl (C=O) groups is 2. The zero-order valence-electron chi connectivity index (χ0n) is 17.6. The van der Waals surface area contributed by atoms with Crippen LogP contribution in [0.4, 0.5) is 0 Å². The smallest absolute Gasteiger partial charge is 0.273 e. The molecule has 0 aliphatic heterocycles. The van der Waals surface area contributed by atoms with Crippen molar-refractivity contribution in [3.63, 3.8) is 0 Å². The Labute approximate surface area is 180 Å². The largest absolute Gasteiger partial charge is 0.290 e. The molecule has 2 aromatic carbocycles. The number of aryl methyl sites for hydroxylation is 3. The van der Waals surface area contributed by atoms with E-state index in [4.69, 9.17) is 0 Å². The summed E-state index contributed by atoms with van der Waals surface area (Å²) < 4.78 is 1.30. The first kappa shape index (κ1) is 20.8. The van der Waals surface area contributed by atoms with E-state index >= 15 is 0 Å². The molecule has 0 fully saturated rings. The molecule has 0 saturated carbocycles. The summed E-state index contributed by atoms with van der Waals surface area (Å²) in [4.78, 5) is 37.7. The number of fused-ring (bicyclic) bond motifs is 2. The van der Waals surface area contributed by atoms with E-state index in [0.29, 0.717) is 23.7 Å². The number of benzene rings is 2. The minimum Gasteiger partial charge on any atom is -0.273 e. The third-order valence-corrected chi connectivity index (χ3v) is 5.61. The topological polar surface area (TPSA) is 93.1 Å². The molecule has 0 radical (unpaired) electrons. The first-order chi connectivity index (χ1) is 15.1. The molecule has 7 heteroatoms. The Morgan fingerprint density at radius 2 is 1.74 bits per heavy atom. The summed E-state index contributed by atoms with van der Waals surface area (Å²) in [7, 11) is 0. The van der Waals surface area contributed by atoms with Gasteiger partial charge in [0.2, 0.25) is 5.91 Å². The lowest BCUT2D eigenvalue weighted by Gasteiger charge is -2.16. The summed E-state index contributed by atoms with van der Waals surface area (Å²) in [5, 5.41) is 5.13. The van der Waals surface area contributed by atoms with Crippen LogP contribution in [0.1, 0.15) is 53.4 Å². The van der Waals surface area contributed by atoms with Gasteiger partial charge in [0.25, 0.3) is 11.5 Å². The number of hydrogen-bond donors (Lipinski definition) is 2. The SMILES string of the molecule is CCCn1nc(C(=O)NNC(=O)Cc2ccc3c(c2)CCCC3)c2ccccc2c1=O. The Bertz CT molecular complexity index is 1200. The lowest BCUT2D eigenvalue weighted by atomic mass is 9.90. The van der Waals surface area contributed by atoms with Gasteiger partial charge in [-0.1, -0.05) is 43.3 Å². The van der Waals surface area contributed by atoms with E-state index in [-0.39, 0.29) is 23.6 Å². The maximum absolute atomic E-state index is 12.8. The molecule has 0 atom stereocenters. The number of hydrogen-bond acceptors (Lipinski definition) is 4. The van der Waals surface area contributed by atoms with Gasteiger partial charge in [0.15, 0.2) is 5.69 Å². The van der Waals surface area contributed by atoms with Gasteiger partial charge in [-0.15, -0.1) is 0 Å². The zero-order valence-corrected chi connectivity index (χ0v) is 17.6. The highest BCUT2D eigenvalue weighted by atomic mass is 16.2. The number of carbonyl (C=O) groups excluding carboxylic acids is 2. The Morgan fingerprint density at radius 1 is 1.00 bits per heavy atom. The second-order valence-corrected chi connectivity index (χ2v) is 7.91. The van der Waals surface area contributed by atoms with Crippen LogP contribution >= 0.6 is 0 Å². The molecule has 1 aliphatic rings. The third kappa shape index (κ3) is 4.50. The minimum absolute atomic E-state index is 0.109. The standard InChI is InChI=1S/C24H26N4O3/c1-2-13-28-24(31)20-10-6-5-9-19(20)22(27-28)23(30)26-25-21(29)15-16-11-12-17-7-3-4-8-18(17)14-16/h5-6,9-12,14H,2-4,7-8,13,15H2,1H3,(H,25,29)(H,26,30). The highest BCUT2D eigenvalue weighted by Crippen LogP contribution is 2.22. The van der Waals surface area contributed by atoms with E-state index in [0.717, 1.165) is 18.4 Å². The highest BCUT2D eigenvalue weighted by molar-refractivity contribution is 6.05. The maximum atomic E-state index is 12.8. The second-order valence-electron chi connectivity index (χ2n) is 7.91. The van der Waals surface area contributed by atoms with Crippen molar-refractivity contribution in [1.82, 2.24) is 20.6 Å². The van der Waals surface area contributed by atoms with Gasteiger partial charge in [-0.25, -0.2) is 4.68 Å². The molecule has 31 heavy (non-hydrogen) atoms. The summed E-state index contributed by atoms with van der Waals surface area (Å²) in [6.45, 7) is 2.35. The Morgan fingerprint density at radius 3 is 2.52 bits per heavy atom. The van der Waals surface area contributed by atoms with E-state index in [1.54, 1.807) is 24.3 Å². The molecule has 2 amide bonds. The number of amides is 2. The number of aromatic nitrogens is 2. The quantitative estimate of drug-likeness (QED) is 0.623. The molecule has 1 aliphatic carbocycles. The van der Waals surface area contributed by atoms with E-state index in [2.05, 4.69) is 28.1 Å². The summed E-state index contributed by atoms with van der Waals surface area (Å²) in [5.41, 5.74) is 8.40. The molecule has 2 N–H and O–H groups in total. The van der Waals surface area contributed by atoms with Crippen LogP contribution in [0.2, 0.25) is 0 Å². The van der Waals surface area contributed by atoms with Gasteiger partial charge in [0.1, 0.15) is 0 Å². The predicted molar refractivity (Wildman–Crippen MR) is 119 cm³/mol. The Kier molecular flexibility index (Phi) is 6.11. The molecule has 0 saturated heterocycles. The van der Waals surface area contributed by atoms with Crippen molar-refractivity contribution in [3.05, 3.63) is 75.2 Å². The van der Waals surface area contributed by atoms with Crippen LogP contribution in [0.25, 0.3) is 10.8 Å². The van der Waals surface area contributed by atoms with Gasteiger partial charge < -0.3 is 0 Å². The van der Waals surface area contributed by atoms with Gasteiger partial charge >= 0.3 is 0 Å². The van der Waals surface area contributed by atoms with Crippen molar-refractivity contribution in [3.8, 4) is 0 Å². The van der Waals surface area contributed by atoms with Gasteiger partial charge in [-0.05, 0) is 54.9 Å². The molecule has 3 aromatic rings. The first-order valence-corrected chi connectivity index (χ1v) is 10.8. The van der Waals surface area contributed by atoms with Crippen molar-refractivity contribution in [2.24, 2.45) is 0 Å². The van der Waals surface area contributed by atoms with Crippen LogP contribution in [0, 0.1) is 0 Å². The number of hydrazine groups is 1. The Balaban J connectivity index is 1.47. The van der Waals surface area contributed by atoms with Crippen molar-refractivity contribution in [2.75, 3.05) is 0 Å². The number of nitrogens with zero attached hydrogens (tertiary/aromatic N) is 2. The molecular weight excluding hydrogens is 392 g/mol. The number of nitrogens with one attached hydrogen (secondary N) is 2. The molecule has 0 unspecified atom stereocenters. The molecular formula is C24H26N4O3. The minimum atomic E-state index is -0.556. The molecule has 1 aromatic heterocycles. The fourth-order valence-corrected chi connectivity index (χ4v) is 4.08. The van der Waals surface area contributed by atoms with Crippen LogP contribution in [-0.2, 0) is 30.6 Å². The molecule has 160 valence electrons. The van der Waals surface area contributed by atoms with Gasteiger partial charge in [0.05, 0.1) is 11.8 Å². The van der Waals surface area contributed by atoms with Crippen LogP contribution in [0.3, 0.4) is 0 Å². The van der Waals surface area contributed by atoms with Gasteiger partial charge in [0, 0.05) is 11.9 Å². The van der Waals surface area contributed by atoms with Crippen molar-refractivity contribution >= 4 is 22.6 Å². The highest BCUT2D eigenvalue weighted by Gasteiger charge is 2.17. The zero-order chi connectivity index (χ0) is 21.8. The van der Waals surface area contributed by atoms with Crippen molar-refractivity contribution in [1.29, 1.82) is 0 Å². The average molecular weight is 418 g/mol. The fraction of sp³-hybridized carbons (Fsp3) is 0.333. The van der Waals surface area contributed by atoms with E-state index in [1.165, 1.54) is 28.7 Å². The van der Waals surface area contributed by atoms with E-state index in [1.807, 2.05) is 13.0 Å². The average Bonchev–Trinajstić information content (AvgIpc) is 2.79. The maximum Gasteiger partial charge on any atom is 0.290 e. The van der Waals surface area contributed by atoms with Gasteiger partial charge in [-0.3, -0.25) is 25.2 Å². The molecule has 0 bridgehead atoms. The predicted octanol–water partition coefficient (Wildman–Crippen LogP) is 2.69. The fourth-order valence-electron chi connectivity index (χ4n) is 4.08. The van der Waals surface area contributed by atoms with Crippen LogP contribution in [0.5, 0.6) is 0 Å². The summed E-state index contributed by atoms with van der Waals surface area (Å²) in [6.07, 6.45) is 5.43. The summed E-state index contributed by atoms with van der Waals surface area (Å²) in [6, 6.07) is 13.0. The molecule has 0 spiro atoms. The third-order valence-electron chi connectivity index (χ3n) is 5.61. The lowest BCUT2D eigenvalue weighted by Crippen LogP contribution is -2.43. The normalized spacial score (nSPS) is 12.9. The molecule has 7 nitrogen and oxygen atoms in total. The van der Waals surface area contributed by atoms with Crippen LogP contribution in [0.15, 0.2) is 47.3 Å². The van der Waals surface area contributed by atoms with Crippen molar-refractivity contribution < 1.29 is 9.59 Å². The summed E-state index contributed by atoms with van der Waals surface area (Å²) >= 11 is 0.